The van der Waals surface area contributed by atoms with Gasteiger partial charge in [-0.05, 0) is 31.4 Å². The Kier molecular flexibility index (Phi) is 5.76. The highest BCUT2D eigenvalue weighted by Crippen LogP contribution is 2.27. The SMILES string of the molecule is CCn1c(NC(=O)C2CCCO2)nnc1SCc1ccccc1Cl. The number of carbonyl (C=O) groups is 1. The monoisotopic (exact) mass is 366 g/mol. The molecule has 1 aliphatic heterocycles. The highest BCUT2D eigenvalue weighted by molar-refractivity contribution is 7.98. The molecule has 1 aromatic carbocycles. The molecule has 128 valence electrons. The topological polar surface area (TPSA) is 69.0 Å². The van der Waals surface area contributed by atoms with Gasteiger partial charge in [-0.1, -0.05) is 41.6 Å². The van der Waals surface area contributed by atoms with Gasteiger partial charge >= 0.3 is 0 Å². The number of carbonyl (C=O) groups excluding carboxylic acids is 1. The summed E-state index contributed by atoms with van der Waals surface area (Å²) in [6, 6.07) is 7.72. The molecular formula is C16H19ClN4O2S. The number of nitrogens with one attached hydrogen (secondary N) is 1. The lowest BCUT2D eigenvalue weighted by atomic mass is 10.2. The van der Waals surface area contributed by atoms with Crippen LogP contribution in [0.25, 0.3) is 0 Å². The predicted octanol–water partition coefficient (Wildman–Crippen LogP) is 3.36. The summed E-state index contributed by atoms with van der Waals surface area (Å²) >= 11 is 7.73. The Hall–Kier alpha value is -1.57. The number of nitrogens with zero attached hydrogens (tertiary/aromatic N) is 3. The maximum Gasteiger partial charge on any atom is 0.255 e. The van der Waals surface area contributed by atoms with Gasteiger partial charge in [-0.25, -0.2) is 0 Å². The van der Waals surface area contributed by atoms with Crippen molar-refractivity contribution >= 4 is 35.2 Å². The Bertz CT molecular complexity index is 716. The predicted molar refractivity (Wildman–Crippen MR) is 94.3 cm³/mol. The third kappa shape index (κ3) is 3.91. The second-order valence-electron chi connectivity index (χ2n) is 5.42. The molecule has 2 heterocycles. The van der Waals surface area contributed by atoms with Gasteiger partial charge in [0.15, 0.2) is 5.16 Å². The average molecular weight is 367 g/mol. The molecular weight excluding hydrogens is 348 g/mol. The van der Waals surface area contributed by atoms with Crippen molar-refractivity contribution in [3.8, 4) is 0 Å². The quantitative estimate of drug-likeness (QED) is 0.794. The molecule has 1 aliphatic rings. The van der Waals surface area contributed by atoms with Crippen molar-refractivity contribution in [2.24, 2.45) is 0 Å². The molecule has 1 N–H and O–H groups in total. The van der Waals surface area contributed by atoms with Crippen LogP contribution in [0.4, 0.5) is 5.95 Å². The Labute approximate surface area is 149 Å². The second kappa shape index (κ2) is 8.00. The zero-order valence-electron chi connectivity index (χ0n) is 13.4. The minimum absolute atomic E-state index is 0.155. The summed E-state index contributed by atoms with van der Waals surface area (Å²) in [5.74, 6) is 0.995. The number of thioether (sulfide) groups is 1. The van der Waals surface area contributed by atoms with Gasteiger partial charge in [-0.3, -0.25) is 14.7 Å². The summed E-state index contributed by atoms with van der Waals surface area (Å²) in [4.78, 5) is 12.2. The molecule has 1 fully saturated rings. The van der Waals surface area contributed by atoms with Gasteiger partial charge in [0, 0.05) is 23.9 Å². The zero-order chi connectivity index (χ0) is 16.9. The largest absolute Gasteiger partial charge is 0.368 e. The number of hydrogen-bond acceptors (Lipinski definition) is 5. The molecule has 0 bridgehead atoms. The highest BCUT2D eigenvalue weighted by atomic mass is 35.5. The summed E-state index contributed by atoms with van der Waals surface area (Å²) in [5.41, 5.74) is 1.04. The van der Waals surface area contributed by atoms with Crippen LogP contribution < -0.4 is 5.32 Å². The first-order chi connectivity index (χ1) is 11.7. The van der Waals surface area contributed by atoms with E-state index in [1.54, 1.807) is 11.8 Å². The van der Waals surface area contributed by atoms with Gasteiger partial charge in [0.05, 0.1) is 0 Å². The van der Waals surface area contributed by atoms with Crippen LogP contribution in [0.5, 0.6) is 0 Å². The molecule has 0 saturated carbocycles. The number of benzene rings is 1. The minimum atomic E-state index is -0.383. The number of ether oxygens (including phenoxy) is 1. The number of halogens is 1. The van der Waals surface area contributed by atoms with E-state index in [1.165, 1.54) is 0 Å². The number of hydrogen-bond donors (Lipinski definition) is 1. The van der Waals surface area contributed by atoms with Crippen molar-refractivity contribution in [1.82, 2.24) is 14.8 Å². The molecule has 3 rings (SSSR count). The molecule has 1 unspecified atom stereocenters. The lowest BCUT2D eigenvalue weighted by Gasteiger charge is -2.11. The van der Waals surface area contributed by atoms with Crippen molar-refractivity contribution in [3.05, 3.63) is 34.9 Å². The lowest BCUT2D eigenvalue weighted by Crippen LogP contribution is -2.28. The van der Waals surface area contributed by atoms with Crippen molar-refractivity contribution in [2.75, 3.05) is 11.9 Å². The molecule has 6 nitrogen and oxygen atoms in total. The fourth-order valence-corrected chi connectivity index (χ4v) is 3.79. The van der Waals surface area contributed by atoms with E-state index in [0.29, 0.717) is 24.9 Å². The van der Waals surface area contributed by atoms with Crippen LogP contribution in [-0.4, -0.2) is 33.4 Å². The summed E-state index contributed by atoms with van der Waals surface area (Å²) in [5, 5.41) is 12.6. The lowest BCUT2D eigenvalue weighted by molar-refractivity contribution is -0.124. The zero-order valence-corrected chi connectivity index (χ0v) is 14.9. The van der Waals surface area contributed by atoms with E-state index in [-0.39, 0.29) is 12.0 Å². The molecule has 0 aliphatic carbocycles. The Morgan fingerprint density at radius 3 is 3.00 bits per heavy atom. The van der Waals surface area contributed by atoms with E-state index in [0.717, 1.165) is 28.6 Å². The summed E-state index contributed by atoms with van der Waals surface area (Å²) in [6.07, 6.45) is 1.28. The van der Waals surface area contributed by atoms with Gasteiger partial charge in [-0.2, -0.15) is 0 Å². The maximum absolute atomic E-state index is 12.2. The van der Waals surface area contributed by atoms with Gasteiger partial charge in [0.25, 0.3) is 5.91 Å². The van der Waals surface area contributed by atoms with Crippen LogP contribution in [0, 0.1) is 0 Å². The van der Waals surface area contributed by atoms with Gasteiger partial charge in [0.2, 0.25) is 5.95 Å². The minimum Gasteiger partial charge on any atom is -0.368 e. The molecule has 8 heteroatoms. The van der Waals surface area contributed by atoms with E-state index >= 15 is 0 Å². The maximum atomic E-state index is 12.2. The van der Waals surface area contributed by atoms with Crippen LogP contribution in [0.3, 0.4) is 0 Å². The highest BCUT2D eigenvalue weighted by Gasteiger charge is 2.25. The van der Waals surface area contributed by atoms with Crippen molar-refractivity contribution < 1.29 is 9.53 Å². The second-order valence-corrected chi connectivity index (χ2v) is 6.77. The Balaban J connectivity index is 1.67. The number of rotatable bonds is 6. The fourth-order valence-electron chi connectivity index (χ4n) is 2.51. The van der Waals surface area contributed by atoms with Gasteiger partial charge in [0.1, 0.15) is 6.10 Å². The number of aromatic nitrogens is 3. The average Bonchev–Trinajstić information content (AvgIpc) is 3.24. The van der Waals surface area contributed by atoms with Gasteiger partial charge < -0.3 is 4.74 Å². The molecule has 2 aromatic rings. The number of anilines is 1. The van der Waals surface area contributed by atoms with Crippen molar-refractivity contribution in [1.29, 1.82) is 0 Å². The molecule has 1 aromatic heterocycles. The molecule has 1 saturated heterocycles. The van der Waals surface area contributed by atoms with E-state index in [2.05, 4.69) is 15.5 Å². The molecule has 0 spiro atoms. The van der Waals surface area contributed by atoms with E-state index in [4.69, 9.17) is 16.3 Å². The number of amides is 1. The van der Waals surface area contributed by atoms with E-state index in [9.17, 15) is 4.79 Å². The van der Waals surface area contributed by atoms with Crippen molar-refractivity contribution in [2.45, 2.75) is 43.3 Å². The first kappa shape index (κ1) is 17.3. The van der Waals surface area contributed by atoms with Crippen molar-refractivity contribution in [3.63, 3.8) is 0 Å². The normalized spacial score (nSPS) is 17.2. The Morgan fingerprint density at radius 2 is 2.29 bits per heavy atom. The van der Waals surface area contributed by atoms with Crippen LogP contribution in [0.1, 0.15) is 25.3 Å². The van der Waals surface area contributed by atoms with Crippen LogP contribution >= 0.6 is 23.4 Å². The van der Waals surface area contributed by atoms with Crippen LogP contribution in [0.15, 0.2) is 29.4 Å². The first-order valence-corrected chi connectivity index (χ1v) is 9.27. The smallest absolute Gasteiger partial charge is 0.255 e. The third-order valence-electron chi connectivity index (χ3n) is 3.80. The summed E-state index contributed by atoms with van der Waals surface area (Å²) < 4.78 is 7.28. The summed E-state index contributed by atoms with van der Waals surface area (Å²) in [6.45, 7) is 3.29. The third-order valence-corrected chi connectivity index (χ3v) is 5.19. The first-order valence-electron chi connectivity index (χ1n) is 7.91. The van der Waals surface area contributed by atoms with Crippen LogP contribution in [0.2, 0.25) is 5.02 Å². The molecule has 24 heavy (non-hydrogen) atoms. The van der Waals surface area contributed by atoms with Crippen LogP contribution in [-0.2, 0) is 21.8 Å². The van der Waals surface area contributed by atoms with Gasteiger partial charge in [-0.15, -0.1) is 10.2 Å². The standard InChI is InChI=1S/C16H19ClN4O2S/c1-2-21-15(18-14(22)13-8-5-9-23-13)19-20-16(21)24-10-11-6-3-4-7-12(11)17/h3-4,6-7,13H,2,5,8-10H2,1H3,(H,18,19,22). The molecule has 1 atom stereocenters. The Morgan fingerprint density at radius 1 is 1.46 bits per heavy atom. The van der Waals surface area contributed by atoms with E-state index in [1.807, 2.05) is 35.8 Å². The molecule has 0 radical (unpaired) electrons. The molecule has 1 amide bonds. The summed E-state index contributed by atoms with van der Waals surface area (Å²) in [7, 11) is 0. The fraction of sp³-hybridized carbons (Fsp3) is 0.438. The van der Waals surface area contributed by atoms with E-state index < -0.39 is 0 Å².